The highest BCUT2D eigenvalue weighted by molar-refractivity contribution is 7.91. The number of Topliss-reactive ketones (excluding diaryl/α,β-unsaturated/α-hetero) is 1. The molecule has 2 aromatic carbocycles. The number of carbonyl (C=O) groups is 2. The van der Waals surface area contributed by atoms with Crippen LogP contribution in [0.4, 0.5) is 0 Å². The number of sulfonamides is 1. The number of nitrogens with one attached hydrogen (secondary N) is 2. The van der Waals surface area contributed by atoms with Gasteiger partial charge in [-0.3, -0.25) is 19.3 Å². The monoisotopic (exact) mass is 567 g/mol. The molecule has 1 aliphatic rings. The van der Waals surface area contributed by atoms with Crippen molar-refractivity contribution in [3.63, 3.8) is 0 Å². The summed E-state index contributed by atoms with van der Waals surface area (Å²) in [5, 5.41) is 2.43. The summed E-state index contributed by atoms with van der Waals surface area (Å²) < 4.78 is 58.4. The Hall–Kier alpha value is -4.43. The van der Waals surface area contributed by atoms with Crippen molar-refractivity contribution in [2.24, 2.45) is 4.99 Å². The second kappa shape index (κ2) is 10.4. The van der Waals surface area contributed by atoms with Crippen molar-refractivity contribution in [2.75, 3.05) is 12.3 Å². The van der Waals surface area contributed by atoms with Crippen LogP contribution in [0, 0.1) is 0 Å². The van der Waals surface area contributed by atoms with Gasteiger partial charge in [0.1, 0.15) is 11.9 Å². The molecule has 1 atom stereocenters. The van der Waals surface area contributed by atoms with E-state index in [2.05, 4.69) is 25.0 Å². The Bertz CT molecular complexity index is 1780. The lowest BCUT2D eigenvalue weighted by molar-refractivity contribution is -0.122. The number of hydrogen-bond donors (Lipinski definition) is 2. The highest BCUT2D eigenvalue weighted by Crippen LogP contribution is 2.23. The van der Waals surface area contributed by atoms with Crippen LogP contribution in [0.25, 0.3) is 11.2 Å². The Balaban J connectivity index is 1.38. The Kier molecular flexibility index (Phi) is 6.97. The van der Waals surface area contributed by atoms with Crippen LogP contribution in [-0.4, -0.2) is 62.7 Å². The van der Waals surface area contributed by atoms with E-state index in [-0.39, 0.29) is 39.1 Å². The van der Waals surface area contributed by atoms with Gasteiger partial charge in [0.15, 0.2) is 21.1 Å². The number of rotatable bonds is 9. The number of amides is 1. The van der Waals surface area contributed by atoms with E-state index >= 15 is 0 Å². The first-order valence-corrected chi connectivity index (χ1v) is 14.8. The summed E-state index contributed by atoms with van der Waals surface area (Å²) in [6.07, 6.45) is 1.21. The molecule has 0 fully saturated rings. The third-order valence-corrected chi connectivity index (χ3v) is 9.00. The van der Waals surface area contributed by atoms with Crippen LogP contribution >= 0.6 is 0 Å². The average molecular weight is 568 g/mol. The first kappa shape index (κ1) is 26.2. The highest BCUT2D eigenvalue weighted by Gasteiger charge is 2.32. The number of nitrogens with zero attached hydrogens (tertiary/aromatic N) is 3. The molecule has 0 bridgehead atoms. The summed E-state index contributed by atoms with van der Waals surface area (Å²) in [5.74, 6) is -2.23. The lowest BCUT2D eigenvalue weighted by Crippen LogP contribution is -2.39. The molecule has 3 heterocycles. The fourth-order valence-corrected chi connectivity index (χ4v) is 6.48. The van der Waals surface area contributed by atoms with Crippen molar-refractivity contribution < 1.29 is 30.8 Å². The lowest BCUT2D eigenvalue weighted by Gasteiger charge is -2.14. The number of ketones is 1. The second-order valence-corrected chi connectivity index (χ2v) is 12.3. The molecule has 0 aliphatic carbocycles. The van der Waals surface area contributed by atoms with Crippen LogP contribution in [0.2, 0.25) is 0 Å². The predicted molar refractivity (Wildman–Crippen MR) is 139 cm³/mol. The third-order valence-electron chi connectivity index (χ3n) is 5.84. The Morgan fingerprint density at radius 2 is 1.77 bits per heavy atom. The molecule has 2 aromatic heterocycles. The third kappa shape index (κ3) is 5.56. The van der Waals surface area contributed by atoms with Crippen molar-refractivity contribution in [2.45, 2.75) is 22.3 Å². The van der Waals surface area contributed by atoms with Gasteiger partial charge in [0.2, 0.25) is 11.7 Å². The summed E-state index contributed by atoms with van der Waals surface area (Å²) >= 11 is 0. The van der Waals surface area contributed by atoms with E-state index in [0.29, 0.717) is 5.58 Å². The number of hydrogen-bond acceptors (Lipinski definition) is 10. The standard InChI is InChI=1S/C25H21N5O7S2/c31-19(25-29-23-20(37-25)10-6-13-26-23)15-27-24(32)18(12-14-38(33,34)16-7-2-1-3-8-16)28-22-17-9-4-5-11-21(17)39(35,36)30-22/h1-11,13,18H,12,14-15H2,(H,27,32)(H,28,30)/t18-/m0/s1. The quantitative estimate of drug-likeness (QED) is 0.284. The number of aliphatic imine (C=N–C) groups is 1. The highest BCUT2D eigenvalue weighted by atomic mass is 32.2. The van der Waals surface area contributed by atoms with Crippen molar-refractivity contribution >= 4 is 48.6 Å². The van der Waals surface area contributed by atoms with Crippen molar-refractivity contribution in [3.05, 3.63) is 84.4 Å². The minimum atomic E-state index is -3.90. The van der Waals surface area contributed by atoms with Crippen molar-refractivity contribution in [1.29, 1.82) is 0 Å². The molecule has 1 amide bonds. The molecule has 0 saturated carbocycles. The minimum Gasteiger partial charge on any atom is -0.432 e. The zero-order valence-electron chi connectivity index (χ0n) is 20.1. The normalized spacial score (nSPS) is 15.9. The Morgan fingerprint density at radius 1 is 1.03 bits per heavy atom. The van der Waals surface area contributed by atoms with Gasteiger partial charge in [-0.1, -0.05) is 30.3 Å². The van der Waals surface area contributed by atoms with Crippen LogP contribution < -0.4 is 10.0 Å². The average Bonchev–Trinajstić information content (AvgIpc) is 3.48. The number of carbonyl (C=O) groups excluding carboxylic acids is 2. The van der Waals surface area contributed by atoms with E-state index in [4.69, 9.17) is 4.42 Å². The van der Waals surface area contributed by atoms with Gasteiger partial charge in [-0.2, -0.15) is 4.98 Å². The van der Waals surface area contributed by atoms with Gasteiger partial charge in [-0.25, -0.2) is 21.8 Å². The predicted octanol–water partition coefficient (Wildman–Crippen LogP) is 1.49. The minimum absolute atomic E-state index is 0.0143. The van der Waals surface area contributed by atoms with E-state index in [1.54, 1.807) is 42.5 Å². The summed E-state index contributed by atoms with van der Waals surface area (Å²) in [6.45, 7) is -0.513. The molecule has 4 aromatic rings. The zero-order valence-corrected chi connectivity index (χ0v) is 21.8. The van der Waals surface area contributed by atoms with Crippen LogP contribution in [0.15, 0.2) is 92.1 Å². The maximum Gasteiger partial charge on any atom is 0.267 e. The molecule has 0 radical (unpaired) electrons. The topological polar surface area (TPSA) is 178 Å². The molecule has 0 spiro atoms. The van der Waals surface area contributed by atoms with Gasteiger partial charge < -0.3 is 9.73 Å². The van der Waals surface area contributed by atoms with Gasteiger partial charge >= 0.3 is 0 Å². The number of aromatic nitrogens is 2. The summed E-state index contributed by atoms with van der Waals surface area (Å²) in [4.78, 5) is 38.1. The number of oxazole rings is 1. The van der Waals surface area contributed by atoms with Gasteiger partial charge in [0.05, 0.1) is 22.1 Å². The zero-order chi connectivity index (χ0) is 27.6. The molecule has 0 unspecified atom stereocenters. The fourth-order valence-electron chi connectivity index (χ4n) is 3.90. The van der Waals surface area contributed by atoms with E-state index in [1.165, 1.54) is 30.5 Å². The van der Waals surface area contributed by atoms with Crippen molar-refractivity contribution in [1.82, 2.24) is 20.0 Å². The summed E-state index contributed by atoms with van der Waals surface area (Å²) in [6, 6.07) is 15.6. The summed E-state index contributed by atoms with van der Waals surface area (Å²) in [5.41, 5.74) is 0.778. The summed E-state index contributed by atoms with van der Waals surface area (Å²) in [7, 11) is -7.68. The van der Waals surface area contributed by atoms with Gasteiger partial charge in [0, 0.05) is 11.8 Å². The Morgan fingerprint density at radius 3 is 2.54 bits per heavy atom. The molecule has 5 rings (SSSR count). The lowest BCUT2D eigenvalue weighted by atomic mass is 10.1. The largest absolute Gasteiger partial charge is 0.432 e. The molecule has 14 heteroatoms. The van der Waals surface area contributed by atoms with Gasteiger partial charge in [-0.15, -0.1) is 0 Å². The Labute approximate surface area is 223 Å². The van der Waals surface area contributed by atoms with Crippen LogP contribution in [-0.2, 0) is 24.7 Å². The van der Waals surface area contributed by atoms with Gasteiger partial charge in [0.25, 0.3) is 15.9 Å². The molecule has 0 saturated heterocycles. The molecular formula is C25H21N5O7S2. The van der Waals surface area contributed by atoms with Crippen LogP contribution in [0.5, 0.6) is 0 Å². The molecular weight excluding hydrogens is 546 g/mol. The van der Waals surface area contributed by atoms with Crippen LogP contribution in [0.1, 0.15) is 22.7 Å². The molecule has 39 heavy (non-hydrogen) atoms. The van der Waals surface area contributed by atoms with E-state index in [1.807, 2.05) is 0 Å². The van der Waals surface area contributed by atoms with Gasteiger partial charge in [-0.05, 0) is 42.8 Å². The maximum absolute atomic E-state index is 13.2. The first-order chi connectivity index (χ1) is 18.6. The fraction of sp³-hybridized carbons (Fsp3) is 0.160. The maximum atomic E-state index is 13.2. The molecule has 12 nitrogen and oxygen atoms in total. The second-order valence-electron chi connectivity index (χ2n) is 8.50. The van der Waals surface area contributed by atoms with E-state index in [9.17, 15) is 26.4 Å². The smallest absolute Gasteiger partial charge is 0.267 e. The molecule has 1 aliphatic heterocycles. The van der Waals surface area contributed by atoms with E-state index in [0.717, 1.165) is 0 Å². The molecule has 2 N–H and O–H groups in total. The van der Waals surface area contributed by atoms with Crippen molar-refractivity contribution in [3.8, 4) is 0 Å². The number of pyridine rings is 1. The number of fused-ring (bicyclic) bond motifs is 2. The number of sulfone groups is 1. The van der Waals surface area contributed by atoms with Crippen LogP contribution in [0.3, 0.4) is 0 Å². The molecule has 200 valence electrons. The SMILES string of the molecule is O=C(CNC(=O)[C@H](CCS(=O)(=O)c1ccccc1)N=C1NS(=O)(=O)c2ccccc21)c1nc2ncccc2o1. The number of amidine groups is 1. The first-order valence-electron chi connectivity index (χ1n) is 11.6. The number of benzene rings is 2. The van der Waals surface area contributed by atoms with E-state index < -0.39 is 49.9 Å².